The first kappa shape index (κ1) is 26.6. The zero-order valence-electron chi connectivity index (χ0n) is 21.6. The van der Waals surface area contributed by atoms with Crippen LogP contribution in [0.3, 0.4) is 0 Å². The van der Waals surface area contributed by atoms with Crippen molar-refractivity contribution in [1.29, 1.82) is 0 Å². The molecule has 1 aliphatic rings. The smallest absolute Gasteiger partial charge is 0.277 e. The van der Waals surface area contributed by atoms with Gasteiger partial charge in [0.15, 0.2) is 11.6 Å². The van der Waals surface area contributed by atoms with Crippen LogP contribution in [0.4, 0.5) is 11.8 Å². The van der Waals surface area contributed by atoms with Gasteiger partial charge >= 0.3 is 0 Å². The first-order valence-corrected chi connectivity index (χ1v) is 13.2. The number of fused-ring (bicyclic) bond motifs is 1. The number of likely N-dealkylation sites (N-methyl/N-ethyl adjacent to an activating group) is 1. The molecule has 0 radical (unpaired) electrons. The van der Waals surface area contributed by atoms with Crippen LogP contribution >= 0.6 is 11.3 Å². The van der Waals surface area contributed by atoms with Gasteiger partial charge in [0.2, 0.25) is 11.8 Å². The van der Waals surface area contributed by atoms with Gasteiger partial charge in [-0.1, -0.05) is 0 Å². The molecule has 13 nitrogen and oxygen atoms in total. The summed E-state index contributed by atoms with van der Waals surface area (Å²) in [5.74, 6) is 1.81. The maximum Gasteiger partial charge on any atom is 0.277 e. The van der Waals surface area contributed by atoms with E-state index in [1.807, 2.05) is 31.1 Å². The molecule has 0 aromatic carbocycles. The number of carbonyl (C=O) groups is 1. The van der Waals surface area contributed by atoms with Crippen LogP contribution in [0.25, 0.3) is 21.6 Å². The molecule has 1 aliphatic heterocycles. The molecular weight excluding hydrogens is 522 g/mol. The van der Waals surface area contributed by atoms with Gasteiger partial charge in [-0.05, 0) is 19.2 Å². The number of aromatic nitrogens is 5. The second kappa shape index (κ2) is 12.3. The summed E-state index contributed by atoms with van der Waals surface area (Å²) in [4.78, 5) is 39.5. The van der Waals surface area contributed by atoms with Crippen molar-refractivity contribution < 1.29 is 19.5 Å². The third-order valence-electron chi connectivity index (χ3n) is 6.05. The number of thiophene rings is 1. The molecule has 0 atom stereocenters. The summed E-state index contributed by atoms with van der Waals surface area (Å²) >= 11 is 1.63. The van der Waals surface area contributed by atoms with E-state index in [4.69, 9.17) is 24.6 Å². The van der Waals surface area contributed by atoms with Gasteiger partial charge in [0.25, 0.3) is 5.91 Å². The van der Waals surface area contributed by atoms with Gasteiger partial charge in [0.05, 0.1) is 35.5 Å². The van der Waals surface area contributed by atoms with Gasteiger partial charge in [0.1, 0.15) is 6.61 Å². The lowest BCUT2D eigenvalue weighted by Crippen LogP contribution is -2.36. The Labute approximate surface area is 228 Å². The Morgan fingerprint density at radius 3 is 2.67 bits per heavy atom. The Kier molecular flexibility index (Phi) is 8.36. The van der Waals surface area contributed by atoms with Crippen LogP contribution in [0.1, 0.15) is 15.2 Å². The maximum atomic E-state index is 11.6. The second-order valence-electron chi connectivity index (χ2n) is 8.80. The van der Waals surface area contributed by atoms with Gasteiger partial charge in [-0.2, -0.15) is 0 Å². The number of rotatable bonds is 10. The molecule has 0 unspecified atom stereocenters. The molecule has 204 valence electrons. The lowest BCUT2D eigenvalue weighted by Gasteiger charge is -2.28. The molecule has 4 aromatic heterocycles. The van der Waals surface area contributed by atoms with E-state index < -0.39 is 5.91 Å². The van der Waals surface area contributed by atoms with E-state index in [1.54, 1.807) is 23.0 Å². The minimum atomic E-state index is -0.662. The Bertz CT molecular complexity index is 1410. The van der Waals surface area contributed by atoms with Crippen LogP contribution < -0.4 is 25.3 Å². The first-order valence-electron chi connectivity index (χ1n) is 12.4. The van der Waals surface area contributed by atoms with Crippen LogP contribution in [0.5, 0.6) is 5.88 Å². The highest BCUT2D eigenvalue weighted by molar-refractivity contribution is 7.19. The van der Waals surface area contributed by atoms with Gasteiger partial charge in [0, 0.05) is 61.8 Å². The van der Waals surface area contributed by atoms with E-state index in [0.717, 1.165) is 46.1 Å². The van der Waals surface area contributed by atoms with E-state index in [2.05, 4.69) is 31.2 Å². The number of pyridine rings is 1. The minimum absolute atomic E-state index is 0.168. The molecule has 3 N–H and O–H groups in total. The molecule has 0 aliphatic carbocycles. The molecule has 39 heavy (non-hydrogen) atoms. The third-order valence-corrected chi connectivity index (χ3v) is 7.15. The van der Waals surface area contributed by atoms with E-state index in [0.29, 0.717) is 44.0 Å². The Morgan fingerprint density at radius 2 is 1.97 bits per heavy atom. The molecule has 1 saturated heterocycles. The summed E-state index contributed by atoms with van der Waals surface area (Å²) in [6.07, 6.45) is 4.47. The SMILES string of the molecule is CNCCOc1ccc(-c2nc(N3CCOCC3)c3sc(CN(C)c4ncc(C(=O)NO)cn4)cc3n2)cn1. The van der Waals surface area contributed by atoms with Crippen molar-refractivity contribution in [2.75, 3.05) is 63.4 Å². The molecule has 4 aromatic rings. The zero-order chi connectivity index (χ0) is 27.2. The van der Waals surface area contributed by atoms with Crippen molar-refractivity contribution in [2.45, 2.75) is 6.54 Å². The Hall–Kier alpha value is -3.98. The van der Waals surface area contributed by atoms with E-state index in [1.165, 1.54) is 12.4 Å². The van der Waals surface area contributed by atoms with E-state index in [9.17, 15) is 4.79 Å². The largest absolute Gasteiger partial charge is 0.476 e. The summed E-state index contributed by atoms with van der Waals surface area (Å²) < 4.78 is 12.2. The highest BCUT2D eigenvalue weighted by atomic mass is 32.1. The second-order valence-corrected chi connectivity index (χ2v) is 9.94. The molecule has 5 rings (SSSR count). The number of ether oxygens (including phenoxy) is 2. The zero-order valence-corrected chi connectivity index (χ0v) is 22.4. The summed E-state index contributed by atoms with van der Waals surface area (Å²) in [7, 11) is 3.75. The molecular formula is C25H29N9O4S. The average molecular weight is 552 g/mol. The minimum Gasteiger partial charge on any atom is -0.476 e. The normalized spacial score (nSPS) is 13.5. The summed E-state index contributed by atoms with van der Waals surface area (Å²) in [5.41, 5.74) is 3.40. The van der Waals surface area contributed by atoms with Crippen molar-refractivity contribution in [1.82, 2.24) is 35.7 Å². The quantitative estimate of drug-likeness (QED) is 0.150. The van der Waals surface area contributed by atoms with Crippen LogP contribution in [0, 0.1) is 0 Å². The highest BCUT2D eigenvalue weighted by Gasteiger charge is 2.21. The summed E-state index contributed by atoms with van der Waals surface area (Å²) in [6, 6.07) is 5.81. The molecule has 5 heterocycles. The van der Waals surface area contributed by atoms with Crippen molar-refractivity contribution >= 4 is 39.2 Å². The van der Waals surface area contributed by atoms with E-state index >= 15 is 0 Å². The number of hydrogen-bond donors (Lipinski definition) is 3. The van der Waals surface area contributed by atoms with Crippen molar-refractivity contribution in [2.24, 2.45) is 0 Å². The number of morpholine rings is 1. The third kappa shape index (κ3) is 6.20. The lowest BCUT2D eigenvalue weighted by atomic mass is 10.2. The van der Waals surface area contributed by atoms with Crippen LogP contribution in [-0.2, 0) is 11.3 Å². The summed E-state index contributed by atoms with van der Waals surface area (Å²) in [5, 5.41) is 11.8. The predicted octanol–water partition coefficient (Wildman–Crippen LogP) is 1.73. The van der Waals surface area contributed by atoms with Crippen LogP contribution in [-0.4, -0.2) is 89.6 Å². The molecule has 0 saturated carbocycles. The fourth-order valence-electron chi connectivity index (χ4n) is 4.02. The highest BCUT2D eigenvalue weighted by Crippen LogP contribution is 2.35. The van der Waals surface area contributed by atoms with Crippen molar-refractivity contribution in [3.8, 4) is 17.3 Å². The maximum absolute atomic E-state index is 11.6. The summed E-state index contributed by atoms with van der Waals surface area (Å²) in [6.45, 7) is 4.58. The van der Waals surface area contributed by atoms with Crippen molar-refractivity contribution in [3.05, 3.63) is 47.2 Å². The number of nitrogens with zero attached hydrogens (tertiary/aromatic N) is 7. The monoisotopic (exact) mass is 551 g/mol. The lowest BCUT2D eigenvalue weighted by molar-refractivity contribution is 0.0705. The average Bonchev–Trinajstić information content (AvgIpc) is 3.39. The number of amides is 1. The van der Waals surface area contributed by atoms with Gasteiger partial charge < -0.3 is 24.6 Å². The van der Waals surface area contributed by atoms with Crippen LogP contribution in [0.15, 0.2) is 36.8 Å². The predicted molar refractivity (Wildman–Crippen MR) is 146 cm³/mol. The van der Waals surface area contributed by atoms with Crippen molar-refractivity contribution in [3.63, 3.8) is 0 Å². The number of carbonyl (C=O) groups excluding carboxylic acids is 1. The van der Waals surface area contributed by atoms with Gasteiger partial charge in [-0.3, -0.25) is 10.0 Å². The molecule has 1 fully saturated rings. The Balaban J connectivity index is 1.42. The topological polar surface area (TPSA) is 151 Å². The Morgan fingerprint density at radius 1 is 1.18 bits per heavy atom. The fourth-order valence-corrected chi connectivity index (χ4v) is 5.19. The standard InChI is InChI=1S/C25H29N9O4S/c1-26-5-8-38-20-4-3-16(12-27-20)22-30-19-11-18(39-21(19)23(31-22)34-6-9-37-10-7-34)15-33(2)25-28-13-17(14-29-25)24(35)32-36/h3-4,11-14,26,36H,5-10,15H2,1-2H3,(H,32,35). The molecule has 1 amide bonds. The molecule has 0 spiro atoms. The number of nitrogens with one attached hydrogen (secondary N) is 2. The number of anilines is 2. The molecule has 0 bridgehead atoms. The fraction of sp³-hybridized carbons (Fsp3) is 0.360. The first-order chi connectivity index (χ1) is 19.1. The van der Waals surface area contributed by atoms with Gasteiger partial charge in [-0.15, -0.1) is 11.3 Å². The molecule has 14 heteroatoms. The van der Waals surface area contributed by atoms with Gasteiger partial charge in [-0.25, -0.2) is 30.4 Å². The number of hydroxylamine groups is 1. The van der Waals surface area contributed by atoms with E-state index in [-0.39, 0.29) is 5.56 Å². The number of hydrogen-bond acceptors (Lipinski definition) is 13. The van der Waals surface area contributed by atoms with Crippen LogP contribution in [0.2, 0.25) is 0 Å².